The van der Waals surface area contributed by atoms with Crippen LogP contribution in [0.3, 0.4) is 0 Å². The zero-order chi connectivity index (χ0) is 21.3. The van der Waals surface area contributed by atoms with Crippen molar-refractivity contribution in [1.82, 2.24) is 9.88 Å². The molecule has 1 aliphatic heterocycles. The van der Waals surface area contributed by atoms with Crippen molar-refractivity contribution in [1.29, 1.82) is 0 Å². The zero-order valence-corrected chi connectivity index (χ0v) is 18.9. The van der Waals surface area contributed by atoms with Gasteiger partial charge in [-0.15, -0.1) is 0 Å². The van der Waals surface area contributed by atoms with E-state index in [0.29, 0.717) is 36.8 Å². The maximum atomic E-state index is 12.6. The third-order valence-corrected chi connectivity index (χ3v) is 8.16. The number of aromatic nitrogens is 1. The van der Waals surface area contributed by atoms with Crippen LogP contribution in [0.2, 0.25) is 5.02 Å². The lowest BCUT2D eigenvalue weighted by molar-refractivity contribution is -0.128. The largest absolute Gasteiger partial charge is 0.345 e. The minimum atomic E-state index is -3.50. The first-order valence-electron chi connectivity index (χ1n) is 9.65. The van der Waals surface area contributed by atoms with Crippen molar-refractivity contribution >= 4 is 54.0 Å². The molecule has 1 aromatic heterocycles. The van der Waals surface area contributed by atoms with Gasteiger partial charge in [0.2, 0.25) is 5.91 Å². The van der Waals surface area contributed by atoms with E-state index in [1.165, 1.54) is 0 Å². The van der Waals surface area contributed by atoms with Crippen LogP contribution in [0.25, 0.3) is 10.2 Å². The molecule has 0 N–H and O–H groups in total. The summed E-state index contributed by atoms with van der Waals surface area (Å²) >= 11 is 7.80. The second kappa shape index (κ2) is 8.53. The molecule has 0 saturated carbocycles. The fraction of sp³-hybridized carbons (Fsp3) is 0.333. The number of fused-ring (bicyclic) bond motifs is 1. The maximum Gasteiger partial charge on any atom is 0.237 e. The van der Waals surface area contributed by atoms with E-state index in [-0.39, 0.29) is 11.7 Å². The Hall–Kier alpha value is -2.16. The number of carbonyl (C=O) groups is 1. The van der Waals surface area contributed by atoms with Gasteiger partial charge >= 0.3 is 0 Å². The summed E-state index contributed by atoms with van der Waals surface area (Å²) in [4.78, 5) is 21.1. The van der Waals surface area contributed by atoms with Gasteiger partial charge in [0.25, 0.3) is 0 Å². The number of carbonyl (C=O) groups excluding carboxylic acids is 1. The van der Waals surface area contributed by atoms with Gasteiger partial charge in [0, 0.05) is 31.2 Å². The van der Waals surface area contributed by atoms with Crippen LogP contribution in [0.1, 0.15) is 11.1 Å². The Labute approximate surface area is 185 Å². The second-order valence-corrected chi connectivity index (χ2v) is 10.9. The summed E-state index contributed by atoms with van der Waals surface area (Å²) in [6.07, 6.45) is 0. The van der Waals surface area contributed by atoms with E-state index in [0.717, 1.165) is 20.9 Å². The molecule has 9 heteroatoms. The van der Waals surface area contributed by atoms with Crippen molar-refractivity contribution in [3.8, 4) is 0 Å². The first-order valence-corrected chi connectivity index (χ1v) is 12.7. The van der Waals surface area contributed by atoms with Gasteiger partial charge in [-0.3, -0.25) is 4.79 Å². The van der Waals surface area contributed by atoms with Crippen LogP contribution in [-0.2, 0) is 20.4 Å². The van der Waals surface area contributed by atoms with E-state index in [1.54, 1.807) is 40.5 Å². The Morgan fingerprint density at radius 2 is 1.80 bits per heavy atom. The average Bonchev–Trinajstić information content (AvgIpc) is 3.16. The van der Waals surface area contributed by atoms with E-state index < -0.39 is 15.6 Å². The molecule has 1 amide bonds. The number of nitrogens with zero attached hydrogens (tertiary/aromatic N) is 3. The molecular weight excluding hydrogens is 442 g/mol. The van der Waals surface area contributed by atoms with Gasteiger partial charge in [0.05, 0.1) is 16.0 Å². The average molecular weight is 464 g/mol. The molecule has 0 atom stereocenters. The van der Waals surface area contributed by atoms with Gasteiger partial charge < -0.3 is 9.80 Å². The molecular formula is C21H22ClN3O3S2. The van der Waals surface area contributed by atoms with Crippen LogP contribution in [0, 0.1) is 6.92 Å². The highest BCUT2D eigenvalue weighted by Crippen LogP contribution is 2.33. The highest BCUT2D eigenvalue weighted by Gasteiger charge is 2.27. The number of anilines is 1. The maximum absolute atomic E-state index is 12.6. The molecule has 2 heterocycles. The number of hydrogen-bond acceptors (Lipinski definition) is 6. The lowest BCUT2D eigenvalue weighted by atomic mass is 10.2. The molecule has 0 radical (unpaired) electrons. The number of sulfone groups is 1. The van der Waals surface area contributed by atoms with E-state index in [1.807, 2.05) is 25.1 Å². The molecule has 1 saturated heterocycles. The van der Waals surface area contributed by atoms with Gasteiger partial charge in [-0.1, -0.05) is 53.3 Å². The molecule has 0 spiro atoms. The number of halogens is 1. The minimum absolute atomic E-state index is 0.118. The molecule has 0 bridgehead atoms. The van der Waals surface area contributed by atoms with Crippen molar-refractivity contribution in [2.45, 2.75) is 12.7 Å². The summed E-state index contributed by atoms with van der Waals surface area (Å²) in [5.74, 6) is -0.911. The fourth-order valence-corrected chi connectivity index (χ4v) is 6.12. The molecule has 0 unspecified atom stereocenters. The van der Waals surface area contributed by atoms with E-state index in [4.69, 9.17) is 16.6 Å². The standard InChI is InChI=1S/C21H22ClN3O3S2/c1-15-17(22)7-8-18-20(15)23-21(29-18)25-11-9-24(10-12-25)19(26)14-30(27,28)13-16-5-3-2-4-6-16/h2-8H,9-14H2,1H3. The highest BCUT2D eigenvalue weighted by molar-refractivity contribution is 7.91. The van der Waals surface area contributed by atoms with Gasteiger partial charge in [0.1, 0.15) is 5.75 Å². The Morgan fingerprint density at radius 3 is 2.50 bits per heavy atom. The van der Waals surface area contributed by atoms with Gasteiger partial charge in [0.15, 0.2) is 15.0 Å². The molecule has 30 heavy (non-hydrogen) atoms. The van der Waals surface area contributed by atoms with Crippen molar-refractivity contribution in [2.75, 3.05) is 36.8 Å². The first-order chi connectivity index (χ1) is 14.3. The Balaban J connectivity index is 1.37. The van der Waals surface area contributed by atoms with Crippen molar-refractivity contribution in [3.05, 3.63) is 58.6 Å². The quantitative estimate of drug-likeness (QED) is 0.579. The minimum Gasteiger partial charge on any atom is -0.345 e. The topological polar surface area (TPSA) is 70.6 Å². The molecule has 1 fully saturated rings. The smallest absolute Gasteiger partial charge is 0.237 e. The second-order valence-electron chi connectivity index (χ2n) is 7.40. The summed E-state index contributed by atoms with van der Waals surface area (Å²) in [5.41, 5.74) is 2.57. The van der Waals surface area contributed by atoms with Crippen molar-refractivity contribution in [2.24, 2.45) is 0 Å². The highest BCUT2D eigenvalue weighted by atomic mass is 35.5. The monoisotopic (exact) mass is 463 g/mol. The summed E-state index contributed by atoms with van der Waals surface area (Å²) in [7, 11) is -3.50. The summed E-state index contributed by atoms with van der Waals surface area (Å²) in [6, 6.07) is 12.8. The van der Waals surface area contributed by atoms with Gasteiger partial charge in [-0.2, -0.15) is 0 Å². The van der Waals surface area contributed by atoms with Crippen LogP contribution in [0.15, 0.2) is 42.5 Å². The predicted molar refractivity (Wildman–Crippen MR) is 122 cm³/mol. The molecule has 3 aromatic rings. The Bertz CT molecular complexity index is 1170. The number of piperazine rings is 1. The third-order valence-electron chi connectivity index (χ3n) is 5.21. The predicted octanol–water partition coefficient (Wildman–Crippen LogP) is 3.52. The van der Waals surface area contributed by atoms with Crippen molar-refractivity contribution in [3.63, 3.8) is 0 Å². The first kappa shape index (κ1) is 21.1. The van der Waals surface area contributed by atoms with Crippen LogP contribution in [0.4, 0.5) is 5.13 Å². The van der Waals surface area contributed by atoms with Crippen molar-refractivity contribution < 1.29 is 13.2 Å². The molecule has 2 aromatic carbocycles. The van der Waals surface area contributed by atoms with E-state index in [9.17, 15) is 13.2 Å². The zero-order valence-electron chi connectivity index (χ0n) is 16.5. The molecule has 4 rings (SSSR count). The van der Waals surface area contributed by atoms with Crippen LogP contribution in [0.5, 0.6) is 0 Å². The van der Waals surface area contributed by atoms with Gasteiger partial charge in [-0.05, 0) is 30.2 Å². The van der Waals surface area contributed by atoms with Gasteiger partial charge in [-0.25, -0.2) is 13.4 Å². The normalized spacial score (nSPS) is 15.0. The lowest BCUT2D eigenvalue weighted by Gasteiger charge is -2.34. The molecule has 0 aliphatic carbocycles. The number of amides is 1. The molecule has 6 nitrogen and oxygen atoms in total. The third kappa shape index (κ3) is 4.61. The van der Waals surface area contributed by atoms with Crippen LogP contribution >= 0.6 is 22.9 Å². The number of aryl methyl sites for hydroxylation is 1. The Kier molecular flexibility index (Phi) is 5.99. The molecule has 158 valence electrons. The summed E-state index contributed by atoms with van der Waals surface area (Å²) in [5, 5.41) is 1.60. The van der Waals surface area contributed by atoms with Crippen LogP contribution < -0.4 is 4.90 Å². The summed E-state index contributed by atoms with van der Waals surface area (Å²) in [6.45, 7) is 4.17. The fourth-order valence-electron chi connectivity index (χ4n) is 3.53. The number of thiazole rings is 1. The number of rotatable bonds is 5. The SMILES string of the molecule is Cc1c(Cl)ccc2sc(N3CCN(C(=O)CS(=O)(=O)Cc4ccccc4)CC3)nc12. The van der Waals surface area contributed by atoms with E-state index >= 15 is 0 Å². The van der Waals surface area contributed by atoms with E-state index in [2.05, 4.69) is 4.90 Å². The number of hydrogen-bond donors (Lipinski definition) is 0. The van der Waals surface area contributed by atoms with Crippen LogP contribution in [-0.4, -0.2) is 56.1 Å². The lowest BCUT2D eigenvalue weighted by Crippen LogP contribution is -2.50. The molecule has 1 aliphatic rings. The number of benzene rings is 2. The Morgan fingerprint density at radius 1 is 1.10 bits per heavy atom. The summed E-state index contributed by atoms with van der Waals surface area (Å²) < 4.78 is 25.9.